The molecule has 1 aromatic carbocycles. The van der Waals surface area contributed by atoms with E-state index in [0.717, 1.165) is 11.1 Å². The molecule has 0 saturated heterocycles. The molecule has 0 bridgehead atoms. The van der Waals surface area contributed by atoms with Crippen molar-refractivity contribution in [2.75, 3.05) is 6.61 Å². The van der Waals surface area contributed by atoms with Crippen molar-refractivity contribution >= 4 is 18.4 Å². The Kier molecular flexibility index (Phi) is 5.23. The number of nitrogens with zero attached hydrogens (tertiary/aromatic N) is 1. The van der Waals surface area contributed by atoms with Crippen LogP contribution in [0.3, 0.4) is 0 Å². The number of ether oxygens (including phenoxy) is 1. The maximum Gasteiger partial charge on any atom is 0.347 e. The average molecular weight is 262 g/mol. The van der Waals surface area contributed by atoms with Gasteiger partial charge in [0.2, 0.25) is 6.61 Å². The van der Waals surface area contributed by atoms with Gasteiger partial charge in [-0.25, -0.2) is 4.79 Å². The summed E-state index contributed by atoms with van der Waals surface area (Å²) < 4.78 is 5.06. The lowest BCUT2D eigenvalue weighted by molar-refractivity contribution is -0.160. The van der Waals surface area contributed by atoms with Gasteiger partial charge in [0.25, 0.3) is 0 Å². The van der Waals surface area contributed by atoms with E-state index in [1.54, 1.807) is 45.0 Å². The number of carbonyl (C=O) groups excluding carboxylic acids is 1. The molecule has 0 heterocycles. The molecular weight excluding hydrogens is 244 g/mol. The van der Waals surface area contributed by atoms with Gasteiger partial charge in [0.1, 0.15) is 5.60 Å². The van der Waals surface area contributed by atoms with Crippen LogP contribution in [0, 0.1) is 5.41 Å². The van der Waals surface area contributed by atoms with Crippen LogP contribution >= 0.6 is 0 Å². The van der Waals surface area contributed by atoms with Gasteiger partial charge in [-0.1, -0.05) is 29.4 Å². The zero-order valence-electron chi connectivity index (χ0n) is 11.3. The van der Waals surface area contributed by atoms with E-state index in [4.69, 9.17) is 15.0 Å². The van der Waals surface area contributed by atoms with Crippen molar-refractivity contribution in [2.45, 2.75) is 26.4 Å². The van der Waals surface area contributed by atoms with Crippen LogP contribution in [-0.4, -0.2) is 30.6 Å². The molecule has 5 nitrogen and oxygen atoms in total. The number of nitrogens with one attached hydrogen (secondary N) is 1. The number of hydrogen-bond donors (Lipinski definition) is 1. The Morgan fingerprint density at radius 2 is 1.84 bits per heavy atom. The quantitative estimate of drug-likeness (QED) is 0.503. The summed E-state index contributed by atoms with van der Waals surface area (Å²) in [6, 6.07) is 7.20. The molecule has 0 unspecified atom stereocenters. The summed E-state index contributed by atoms with van der Waals surface area (Å²) in [6.07, 6.45) is 2.76. The van der Waals surface area contributed by atoms with Gasteiger partial charge >= 0.3 is 5.97 Å². The van der Waals surface area contributed by atoms with E-state index in [-0.39, 0.29) is 6.61 Å². The van der Waals surface area contributed by atoms with Crippen LogP contribution in [0.1, 0.15) is 31.9 Å². The zero-order chi connectivity index (χ0) is 14.3. The SMILES string of the molecule is CC(C)(C)OC(=O)CO/N=C/c1ccc(C=N)cc1. The number of benzene rings is 1. The average Bonchev–Trinajstić information content (AvgIpc) is 2.33. The van der Waals surface area contributed by atoms with Gasteiger partial charge in [0.05, 0.1) is 6.21 Å². The molecule has 0 atom stereocenters. The molecule has 0 spiro atoms. The van der Waals surface area contributed by atoms with Gasteiger partial charge in [-0.2, -0.15) is 0 Å². The van der Waals surface area contributed by atoms with Gasteiger partial charge in [-0.05, 0) is 31.9 Å². The predicted octanol–water partition coefficient (Wildman–Crippen LogP) is 2.38. The maximum atomic E-state index is 11.3. The molecule has 19 heavy (non-hydrogen) atoms. The molecular formula is C14H18N2O3. The Morgan fingerprint density at radius 3 is 2.37 bits per heavy atom. The maximum absolute atomic E-state index is 11.3. The summed E-state index contributed by atoms with van der Waals surface area (Å²) in [5.41, 5.74) is 1.12. The molecule has 1 rings (SSSR count). The van der Waals surface area contributed by atoms with Crippen molar-refractivity contribution in [2.24, 2.45) is 5.16 Å². The lowest BCUT2D eigenvalue weighted by Gasteiger charge is -2.18. The fourth-order valence-electron chi connectivity index (χ4n) is 1.24. The first-order chi connectivity index (χ1) is 8.90. The zero-order valence-corrected chi connectivity index (χ0v) is 11.3. The third-order valence-corrected chi connectivity index (χ3v) is 1.98. The molecule has 0 radical (unpaired) electrons. The standard InChI is InChI=1S/C14H18N2O3/c1-14(2,3)19-13(17)10-18-16-9-12-6-4-11(8-15)5-7-12/h4-9,15H,10H2,1-3H3/b15-8?,16-9+. The first kappa shape index (κ1) is 14.9. The highest BCUT2D eigenvalue weighted by Gasteiger charge is 2.16. The predicted molar refractivity (Wildman–Crippen MR) is 73.7 cm³/mol. The van der Waals surface area contributed by atoms with Crippen LogP contribution in [0.15, 0.2) is 29.4 Å². The highest BCUT2D eigenvalue weighted by Crippen LogP contribution is 2.06. The van der Waals surface area contributed by atoms with Crippen LogP contribution in [0.4, 0.5) is 0 Å². The van der Waals surface area contributed by atoms with Crippen molar-refractivity contribution in [3.8, 4) is 0 Å². The lowest BCUT2D eigenvalue weighted by Crippen LogP contribution is -2.26. The second-order valence-corrected chi connectivity index (χ2v) is 4.91. The molecule has 0 aliphatic carbocycles. The Hall–Kier alpha value is -2.17. The molecule has 0 saturated carbocycles. The highest BCUT2D eigenvalue weighted by atomic mass is 16.7. The van der Waals surface area contributed by atoms with Gasteiger partial charge < -0.3 is 15.0 Å². The van der Waals surface area contributed by atoms with Crippen molar-refractivity contribution in [1.82, 2.24) is 0 Å². The van der Waals surface area contributed by atoms with Crippen LogP contribution in [0.25, 0.3) is 0 Å². The van der Waals surface area contributed by atoms with E-state index < -0.39 is 11.6 Å². The topological polar surface area (TPSA) is 71.7 Å². The third-order valence-electron chi connectivity index (χ3n) is 1.98. The number of rotatable bonds is 5. The molecule has 0 aliphatic rings. The molecule has 0 aliphatic heterocycles. The van der Waals surface area contributed by atoms with Gasteiger partial charge in [0, 0.05) is 6.21 Å². The fourth-order valence-corrected chi connectivity index (χ4v) is 1.24. The molecule has 0 fully saturated rings. The monoisotopic (exact) mass is 262 g/mol. The van der Waals surface area contributed by atoms with Crippen LogP contribution < -0.4 is 0 Å². The minimum atomic E-state index is -0.521. The molecule has 0 aromatic heterocycles. The van der Waals surface area contributed by atoms with Crippen molar-refractivity contribution in [3.05, 3.63) is 35.4 Å². The van der Waals surface area contributed by atoms with E-state index in [1.165, 1.54) is 12.4 Å². The minimum Gasteiger partial charge on any atom is -0.457 e. The lowest BCUT2D eigenvalue weighted by atomic mass is 10.2. The molecule has 1 aromatic rings. The summed E-state index contributed by atoms with van der Waals surface area (Å²) in [6.45, 7) is 5.16. The number of oxime groups is 1. The highest BCUT2D eigenvalue weighted by molar-refractivity contribution is 5.82. The van der Waals surface area contributed by atoms with Crippen molar-refractivity contribution in [3.63, 3.8) is 0 Å². The number of carbonyl (C=O) groups is 1. The smallest absolute Gasteiger partial charge is 0.347 e. The van der Waals surface area contributed by atoms with E-state index in [1.807, 2.05) is 0 Å². The second-order valence-electron chi connectivity index (χ2n) is 4.91. The van der Waals surface area contributed by atoms with Gasteiger partial charge in [-0.15, -0.1) is 0 Å². The largest absolute Gasteiger partial charge is 0.457 e. The molecule has 102 valence electrons. The Labute approximate surface area is 112 Å². The number of esters is 1. The Morgan fingerprint density at radius 1 is 1.26 bits per heavy atom. The van der Waals surface area contributed by atoms with Gasteiger partial charge in [0.15, 0.2) is 0 Å². The Bertz CT molecular complexity index is 459. The summed E-state index contributed by atoms with van der Waals surface area (Å²) in [4.78, 5) is 16.2. The minimum absolute atomic E-state index is 0.216. The summed E-state index contributed by atoms with van der Waals surface area (Å²) in [5.74, 6) is -0.455. The second kappa shape index (κ2) is 6.68. The normalized spacial score (nSPS) is 11.3. The first-order valence-electron chi connectivity index (χ1n) is 5.88. The molecule has 1 N–H and O–H groups in total. The van der Waals surface area contributed by atoms with Gasteiger partial charge in [-0.3, -0.25) is 0 Å². The Balaban J connectivity index is 2.37. The number of hydrogen-bond acceptors (Lipinski definition) is 5. The van der Waals surface area contributed by atoms with E-state index in [9.17, 15) is 4.79 Å². The third kappa shape index (κ3) is 6.35. The fraction of sp³-hybridized carbons (Fsp3) is 0.357. The summed E-state index contributed by atoms with van der Waals surface area (Å²) >= 11 is 0. The van der Waals surface area contributed by atoms with E-state index in [2.05, 4.69) is 5.16 Å². The van der Waals surface area contributed by atoms with Crippen LogP contribution in [0.2, 0.25) is 0 Å². The van der Waals surface area contributed by atoms with E-state index >= 15 is 0 Å². The summed E-state index contributed by atoms with van der Waals surface area (Å²) in [5, 5.41) is 10.8. The molecule has 0 amide bonds. The first-order valence-corrected chi connectivity index (χ1v) is 5.88. The van der Waals surface area contributed by atoms with Crippen molar-refractivity contribution < 1.29 is 14.4 Å². The van der Waals surface area contributed by atoms with E-state index in [0.29, 0.717) is 0 Å². The van der Waals surface area contributed by atoms with Crippen LogP contribution in [-0.2, 0) is 14.4 Å². The summed E-state index contributed by atoms with van der Waals surface area (Å²) in [7, 11) is 0. The molecule has 5 heteroatoms. The van der Waals surface area contributed by atoms with Crippen LogP contribution in [0.5, 0.6) is 0 Å². The van der Waals surface area contributed by atoms with Crippen molar-refractivity contribution in [1.29, 1.82) is 5.41 Å².